The molecule has 0 atom stereocenters. The SMILES string of the molecule is CCCCCOc1ccc2ccccc2c1-c1c(OCCCCC)ccc2ccccc12. The van der Waals surface area contributed by atoms with Crippen LogP contribution in [0.5, 0.6) is 11.5 Å². The van der Waals surface area contributed by atoms with Gasteiger partial charge >= 0.3 is 0 Å². The molecule has 0 radical (unpaired) electrons. The zero-order valence-corrected chi connectivity index (χ0v) is 19.4. The first-order valence-electron chi connectivity index (χ1n) is 12.1. The summed E-state index contributed by atoms with van der Waals surface area (Å²) in [5.41, 5.74) is 2.28. The first-order chi connectivity index (χ1) is 15.8. The normalized spacial score (nSPS) is 11.2. The Morgan fingerprint density at radius 2 is 0.938 bits per heavy atom. The summed E-state index contributed by atoms with van der Waals surface area (Å²) >= 11 is 0. The highest BCUT2D eigenvalue weighted by molar-refractivity contribution is 6.09. The summed E-state index contributed by atoms with van der Waals surface area (Å²) in [5.74, 6) is 1.88. The molecule has 0 N–H and O–H groups in total. The lowest BCUT2D eigenvalue weighted by Crippen LogP contribution is -2.02. The monoisotopic (exact) mass is 426 g/mol. The predicted octanol–water partition coefficient (Wildman–Crippen LogP) is 8.80. The van der Waals surface area contributed by atoms with Crippen LogP contribution in [-0.4, -0.2) is 13.2 Å². The fraction of sp³-hybridized carbons (Fsp3) is 0.333. The van der Waals surface area contributed by atoms with Crippen molar-refractivity contribution in [3.05, 3.63) is 72.8 Å². The molecule has 0 bridgehead atoms. The number of unbranched alkanes of at least 4 members (excludes halogenated alkanes) is 4. The Bertz CT molecular complexity index is 1070. The standard InChI is InChI=1S/C30H34O2/c1-3-5-11-21-31-27-19-17-23-13-7-9-15-25(23)29(27)30-26-16-10-8-14-24(26)18-20-28(30)32-22-12-6-4-2/h7-10,13-20H,3-6,11-12,21-22H2,1-2H3. The molecule has 4 aromatic rings. The van der Waals surface area contributed by atoms with Gasteiger partial charge in [-0.15, -0.1) is 0 Å². The highest BCUT2D eigenvalue weighted by Crippen LogP contribution is 2.45. The van der Waals surface area contributed by atoms with Crippen LogP contribution in [0.15, 0.2) is 72.8 Å². The minimum Gasteiger partial charge on any atom is -0.493 e. The Kier molecular flexibility index (Phi) is 7.66. The second kappa shape index (κ2) is 11.0. The van der Waals surface area contributed by atoms with Gasteiger partial charge in [0.2, 0.25) is 0 Å². The third-order valence-electron chi connectivity index (χ3n) is 6.04. The highest BCUT2D eigenvalue weighted by atomic mass is 16.5. The molecule has 0 aliphatic rings. The zero-order valence-electron chi connectivity index (χ0n) is 19.4. The van der Waals surface area contributed by atoms with Crippen molar-refractivity contribution in [2.24, 2.45) is 0 Å². The molecule has 2 nitrogen and oxygen atoms in total. The molecule has 4 rings (SSSR count). The Morgan fingerprint density at radius 3 is 1.38 bits per heavy atom. The molecule has 4 aromatic carbocycles. The average Bonchev–Trinajstić information content (AvgIpc) is 2.84. The van der Waals surface area contributed by atoms with Crippen LogP contribution in [0, 0.1) is 0 Å². The molecule has 0 spiro atoms. The number of hydrogen-bond acceptors (Lipinski definition) is 2. The van der Waals surface area contributed by atoms with Crippen molar-refractivity contribution in [2.45, 2.75) is 52.4 Å². The van der Waals surface area contributed by atoms with E-state index in [4.69, 9.17) is 9.47 Å². The van der Waals surface area contributed by atoms with Crippen LogP contribution >= 0.6 is 0 Å². The van der Waals surface area contributed by atoms with Gasteiger partial charge < -0.3 is 9.47 Å². The van der Waals surface area contributed by atoms with Crippen molar-refractivity contribution in [1.82, 2.24) is 0 Å². The van der Waals surface area contributed by atoms with Gasteiger partial charge in [0.05, 0.1) is 13.2 Å². The zero-order chi connectivity index (χ0) is 22.2. The lowest BCUT2D eigenvalue weighted by Gasteiger charge is -2.20. The van der Waals surface area contributed by atoms with Crippen molar-refractivity contribution in [3.8, 4) is 22.6 Å². The van der Waals surface area contributed by atoms with Gasteiger partial charge in [-0.1, -0.05) is 100 Å². The van der Waals surface area contributed by atoms with Gasteiger partial charge in [-0.25, -0.2) is 0 Å². The quantitative estimate of drug-likeness (QED) is 0.223. The highest BCUT2D eigenvalue weighted by Gasteiger charge is 2.19. The minimum atomic E-state index is 0.733. The van der Waals surface area contributed by atoms with Crippen LogP contribution in [0.4, 0.5) is 0 Å². The van der Waals surface area contributed by atoms with Gasteiger partial charge in [0, 0.05) is 11.1 Å². The maximum Gasteiger partial charge on any atom is 0.127 e. The van der Waals surface area contributed by atoms with E-state index in [1.54, 1.807) is 0 Å². The van der Waals surface area contributed by atoms with Crippen molar-refractivity contribution in [1.29, 1.82) is 0 Å². The Morgan fingerprint density at radius 1 is 0.500 bits per heavy atom. The molecule has 0 saturated carbocycles. The molecule has 0 unspecified atom stereocenters. The number of hydrogen-bond donors (Lipinski definition) is 0. The van der Waals surface area contributed by atoms with Crippen LogP contribution in [0.25, 0.3) is 32.7 Å². The first kappa shape index (κ1) is 22.2. The van der Waals surface area contributed by atoms with Crippen molar-refractivity contribution < 1.29 is 9.47 Å². The lowest BCUT2D eigenvalue weighted by atomic mass is 9.92. The number of rotatable bonds is 11. The molecule has 2 heteroatoms. The average molecular weight is 427 g/mol. The van der Waals surface area contributed by atoms with Crippen LogP contribution in [0.2, 0.25) is 0 Å². The van der Waals surface area contributed by atoms with Crippen LogP contribution in [0.1, 0.15) is 52.4 Å². The molecule has 0 aliphatic heterocycles. The molecule has 0 aromatic heterocycles. The van der Waals surface area contributed by atoms with Crippen molar-refractivity contribution in [2.75, 3.05) is 13.2 Å². The summed E-state index contributed by atoms with van der Waals surface area (Å²) in [7, 11) is 0. The summed E-state index contributed by atoms with van der Waals surface area (Å²) in [5, 5.41) is 4.84. The van der Waals surface area contributed by atoms with Crippen LogP contribution in [0.3, 0.4) is 0 Å². The smallest absolute Gasteiger partial charge is 0.127 e. The molecule has 0 heterocycles. The molecule has 0 amide bonds. The van der Waals surface area contributed by atoms with E-state index in [2.05, 4.69) is 86.6 Å². The van der Waals surface area contributed by atoms with E-state index in [0.29, 0.717) is 0 Å². The number of ether oxygens (including phenoxy) is 2. The van der Waals surface area contributed by atoms with Gasteiger partial charge in [0.25, 0.3) is 0 Å². The minimum absolute atomic E-state index is 0.733. The Labute approximate surface area is 192 Å². The van der Waals surface area contributed by atoms with Crippen LogP contribution < -0.4 is 9.47 Å². The van der Waals surface area contributed by atoms with E-state index < -0.39 is 0 Å². The summed E-state index contributed by atoms with van der Waals surface area (Å²) < 4.78 is 12.8. The molecule has 0 saturated heterocycles. The van der Waals surface area contributed by atoms with Gasteiger partial charge in [0.1, 0.15) is 11.5 Å². The maximum absolute atomic E-state index is 6.39. The molecular formula is C30H34O2. The van der Waals surface area contributed by atoms with E-state index in [9.17, 15) is 0 Å². The lowest BCUT2D eigenvalue weighted by molar-refractivity contribution is 0.303. The molecule has 166 valence electrons. The van der Waals surface area contributed by atoms with Crippen molar-refractivity contribution in [3.63, 3.8) is 0 Å². The third kappa shape index (κ3) is 4.91. The molecule has 0 aliphatic carbocycles. The summed E-state index contributed by atoms with van der Waals surface area (Å²) in [4.78, 5) is 0. The summed E-state index contributed by atoms with van der Waals surface area (Å²) in [6.45, 7) is 5.91. The first-order valence-corrected chi connectivity index (χ1v) is 12.1. The third-order valence-corrected chi connectivity index (χ3v) is 6.04. The van der Waals surface area contributed by atoms with Gasteiger partial charge in [0.15, 0.2) is 0 Å². The van der Waals surface area contributed by atoms with E-state index in [-0.39, 0.29) is 0 Å². The Hall–Kier alpha value is -3.00. The summed E-state index contributed by atoms with van der Waals surface area (Å²) in [6.07, 6.45) is 6.88. The van der Waals surface area contributed by atoms with Gasteiger partial charge in [-0.05, 0) is 46.5 Å². The Balaban J connectivity index is 1.88. The van der Waals surface area contributed by atoms with E-state index in [1.807, 2.05) is 0 Å². The predicted molar refractivity (Wildman–Crippen MR) is 137 cm³/mol. The largest absolute Gasteiger partial charge is 0.493 e. The van der Waals surface area contributed by atoms with E-state index in [1.165, 1.54) is 47.2 Å². The van der Waals surface area contributed by atoms with Gasteiger partial charge in [-0.2, -0.15) is 0 Å². The molecule has 0 fully saturated rings. The number of fused-ring (bicyclic) bond motifs is 2. The molecule has 32 heavy (non-hydrogen) atoms. The van der Waals surface area contributed by atoms with Crippen molar-refractivity contribution >= 4 is 21.5 Å². The van der Waals surface area contributed by atoms with Crippen LogP contribution in [-0.2, 0) is 0 Å². The van der Waals surface area contributed by atoms with E-state index in [0.717, 1.165) is 48.7 Å². The van der Waals surface area contributed by atoms with E-state index >= 15 is 0 Å². The number of benzene rings is 4. The second-order valence-corrected chi connectivity index (χ2v) is 8.43. The topological polar surface area (TPSA) is 18.5 Å². The fourth-order valence-corrected chi connectivity index (χ4v) is 4.33. The fourth-order valence-electron chi connectivity index (χ4n) is 4.33. The van der Waals surface area contributed by atoms with Gasteiger partial charge in [-0.3, -0.25) is 0 Å². The molecular weight excluding hydrogens is 392 g/mol. The maximum atomic E-state index is 6.39. The second-order valence-electron chi connectivity index (χ2n) is 8.43. The summed E-state index contributed by atoms with van der Waals surface area (Å²) in [6, 6.07) is 25.8.